The van der Waals surface area contributed by atoms with Gasteiger partial charge >= 0.3 is 0 Å². The number of nitrogens with one attached hydrogen (secondary N) is 1. The van der Waals surface area contributed by atoms with Crippen molar-refractivity contribution in [2.45, 2.75) is 13.8 Å². The Bertz CT molecular complexity index is 1630. The number of hydrogen-bond acceptors (Lipinski definition) is 5. The molecule has 0 spiro atoms. The average molecular weight is 427 g/mol. The van der Waals surface area contributed by atoms with Gasteiger partial charge in [0.25, 0.3) is 5.65 Å². The predicted molar refractivity (Wildman–Crippen MR) is 124 cm³/mol. The van der Waals surface area contributed by atoms with Crippen LogP contribution in [0.4, 0.5) is 5.69 Å². The molecule has 7 heteroatoms. The van der Waals surface area contributed by atoms with Crippen molar-refractivity contribution < 1.29 is 13.7 Å². The molecule has 0 bridgehead atoms. The van der Waals surface area contributed by atoms with E-state index in [1.807, 2.05) is 41.9 Å². The largest absolute Gasteiger partial charge is 0.497 e. The monoisotopic (exact) mass is 426 g/mol. The molecule has 0 aliphatic rings. The van der Waals surface area contributed by atoms with Gasteiger partial charge in [0.1, 0.15) is 22.8 Å². The summed E-state index contributed by atoms with van der Waals surface area (Å²) in [6.07, 6.45) is 0. The number of anilines is 1. The molecule has 0 amide bonds. The minimum atomic E-state index is 0.105. The van der Waals surface area contributed by atoms with Gasteiger partial charge in [-0.15, -0.1) is 0 Å². The van der Waals surface area contributed by atoms with E-state index in [1.165, 1.54) is 0 Å². The maximum atomic E-state index is 9.95. The van der Waals surface area contributed by atoms with E-state index < -0.39 is 0 Å². The lowest BCUT2D eigenvalue weighted by atomic mass is 10.1. The fraction of sp³-hybridized carbons (Fsp3) is 0.240. The highest BCUT2D eigenvalue weighted by Crippen LogP contribution is 2.31. The normalized spacial score (nSPS) is 11.5. The summed E-state index contributed by atoms with van der Waals surface area (Å²) >= 11 is 0. The Morgan fingerprint density at radius 2 is 1.94 bits per heavy atom. The Balaban J connectivity index is 1.95. The molecule has 5 aromatic rings. The van der Waals surface area contributed by atoms with E-state index in [1.54, 1.807) is 11.5 Å². The Labute approximate surface area is 184 Å². The Morgan fingerprint density at radius 3 is 2.62 bits per heavy atom. The summed E-state index contributed by atoms with van der Waals surface area (Å²) < 4.78 is 15.5. The maximum absolute atomic E-state index is 9.95. The molecule has 0 atom stereocenters. The smallest absolute Gasteiger partial charge is 0.300 e. The van der Waals surface area contributed by atoms with Crippen LogP contribution in [0.3, 0.4) is 0 Å². The van der Waals surface area contributed by atoms with Crippen molar-refractivity contribution >= 4 is 44.3 Å². The van der Waals surface area contributed by atoms with Crippen molar-refractivity contribution in [3.63, 3.8) is 0 Å². The molecule has 2 aromatic carbocycles. The SMILES string of the molecule is CCN(CC)c1ccc2cc3c(oc2c1)c(C#N)c(=N)n1c2ccc(OC)cc2[n+](C)c31. The van der Waals surface area contributed by atoms with E-state index in [4.69, 9.17) is 14.6 Å². The van der Waals surface area contributed by atoms with Crippen LogP contribution in [0.2, 0.25) is 0 Å². The van der Waals surface area contributed by atoms with Crippen molar-refractivity contribution in [1.82, 2.24) is 4.40 Å². The average Bonchev–Trinajstić information content (AvgIpc) is 3.11. The van der Waals surface area contributed by atoms with E-state index in [-0.39, 0.29) is 11.1 Å². The first-order valence-corrected chi connectivity index (χ1v) is 10.6. The van der Waals surface area contributed by atoms with Gasteiger partial charge in [-0.05, 0) is 44.2 Å². The summed E-state index contributed by atoms with van der Waals surface area (Å²) in [7, 11) is 3.59. The van der Waals surface area contributed by atoms with E-state index in [0.29, 0.717) is 11.2 Å². The number of benzene rings is 2. The summed E-state index contributed by atoms with van der Waals surface area (Å²) in [5.74, 6) is 0.736. The van der Waals surface area contributed by atoms with Crippen LogP contribution >= 0.6 is 0 Å². The number of aryl methyl sites for hydroxylation is 1. The molecule has 5 rings (SSSR count). The van der Waals surface area contributed by atoms with Crippen LogP contribution in [-0.4, -0.2) is 24.6 Å². The molecule has 0 aliphatic carbocycles. The van der Waals surface area contributed by atoms with Crippen molar-refractivity contribution in [2.24, 2.45) is 7.05 Å². The Hall–Kier alpha value is -4.05. The minimum Gasteiger partial charge on any atom is -0.497 e. The highest BCUT2D eigenvalue weighted by molar-refractivity contribution is 6.01. The molecule has 0 saturated heterocycles. The van der Waals surface area contributed by atoms with Gasteiger partial charge in [-0.2, -0.15) is 9.66 Å². The topological polar surface area (TPSA) is 81.5 Å². The number of rotatable bonds is 4. The molecule has 0 radical (unpaired) electrons. The van der Waals surface area contributed by atoms with E-state index >= 15 is 0 Å². The lowest BCUT2D eigenvalue weighted by Crippen LogP contribution is -2.29. The zero-order valence-electron chi connectivity index (χ0n) is 18.6. The third-order valence-corrected chi connectivity index (χ3v) is 6.24. The second-order valence-corrected chi connectivity index (χ2v) is 7.79. The predicted octanol–water partition coefficient (Wildman–Crippen LogP) is 4.02. The van der Waals surface area contributed by atoms with E-state index in [0.717, 1.165) is 52.0 Å². The standard InChI is InChI=1S/C25H24N5O2/c1-5-29(6-2)16-8-7-15-11-18-23(32-22(15)12-16)19(14-26)24(27)30-20-10-9-17(31-4)13-21(20)28(3)25(18)30/h7-13,27H,5-6H2,1-4H3/q+1. The first-order valence-electron chi connectivity index (χ1n) is 10.6. The van der Waals surface area contributed by atoms with Crippen LogP contribution in [-0.2, 0) is 7.05 Å². The summed E-state index contributed by atoms with van der Waals surface area (Å²) in [6.45, 7) is 6.03. The van der Waals surface area contributed by atoms with Gasteiger partial charge in [-0.3, -0.25) is 5.41 Å². The van der Waals surface area contributed by atoms with Crippen molar-refractivity contribution in [1.29, 1.82) is 10.7 Å². The zero-order chi connectivity index (χ0) is 22.6. The molecule has 32 heavy (non-hydrogen) atoms. The number of methoxy groups -OCH3 is 1. The van der Waals surface area contributed by atoms with Crippen molar-refractivity contribution in [3.8, 4) is 11.8 Å². The first kappa shape index (κ1) is 19.9. The molecule has 3 aromatic heterocycles. The molecule has 0 saturated carbocycles. The lowest BCUT2D eigenvalue weighted by molar-refractivity contribution is -0.617. The van der Waals surface area contributed by atoms with Gasteiger partial charge < -0.3 is 14.1 Å². The van der Waals surface area contributed by atoms with Gasteiger partial charge in [0, 0.05) is 36.3 Å². The number of aromatic nitrogens is 2. The van der Waals surface area contributed by atoms with Crippen molar-refractivity contribution in [3.05, 3.63) is 53.5 Å². The number of nitrogens with zero attached hydrogens (tertiary/aromatic N) is 4. The van der Waals surface area contributed by atoms with Crippen molar-refractivity contribution in [2.75, 3.05) is 25.1 Å². The van der Waals surface area contributed by atoms with Crippen LogP contribution in [0.15, 0.2) is 46.9 Å². The van der Waals surface area contributed by atoms with Crippen LogP contribution in [0.5, 0.6) is 5.75 Å². The van der Waals surface area contributed by atoms with Gasteiger partial charge in [-0.25, -0.2) is 4.57 Å². The van der Waals surface area contributed by atoms with Gasteiger partial charge in [0.15, 0.2) is 22.2 Å². The number of imidazole rings is 1. The Kier molecular flexibility index (Phi) is 4.52. The quantitative estimate of drug-likeness (QED) is 0.348. The molecule has 0 aliphatic heterocycles. The lowest BCUT2D eigenvalue weighted by Gasteiger charge is -2.21. The third kappa shape index (κ3) is 2.66. The highest BCUT2D eigenvalue weighted by atomic mass is 16.5. The number of hydrogen-bond donors (Lipinski definition) is 1. The molecular weight excluding hydrogens is 402 g/mol. The van der Waals surface area contributed by atoms with Gasteiger partial charge in [0.05, 0.1) is 14.2 Å². The highest BCUT2D eigenvalue weighted by Gasteiger charge is 2.26. The van der Waals surface area contributed by atoms with Gasteiger partial charge in [-0.1, -0.05) is 0 Å². The summed E-state index contributed by atoms with van der Waals surface area (Å²) in [5, 5.41) is 20.5. The van der Waals surface area contributed by atoms with Crippen LogP contribution in [0, 0.1) is 16.7 Å². The molecule has 7 nitrogen and oxygen atoms in total. The fourth-order valence-corrected chi connectivity index (χ4v) is 4.57. The molecule has 0 unspecified atom stereocenters. The molecular formula is C25H24N5O2+. The van der Waals surface area contributed by atoms with Gasteiger partial charge in [0.2, 0.25) is 5.49 Å². The van der Waals surface area contributed by atoms with Crippen LogP contribution in [0.1, 0.15) is 19.4 Å². The molecule has 160 valence electrons. The molecule has 1 N–H and O–H groups in total. The zero-order valence-corrected chi connectivity index (χ0v) is 18.6. The first-order chi connectivity index (χ1) is 15.5. The second kappa shape index (κ2) is 7.27. The summed E-state index contributed by atoms with van der Waals surface area (Å²) in [6, 6.07) is 16.1. The van der Waals surface area contributed by atoms with E-state index in [9.17, 15) is 5.26 Å². The third-order valence-electron chi connectivity index (χ3n) is 6.24. The summed E-state index contributed by atoms with van der Waals surface area (Å²) in [5.41, 5.74) is 5.06. The summed E-state index contributed by atoms with van der Waals surface area (Å²) in [4.78, 5) is 2.25. The number of fused-ring (bicyclic) bond motifs is 6. The van der Waals surface area contributed by atoms with Crippen LogP contribution < -0.4 is 19.7 Å². The molecule has 3 heterocycles. The minimum absolute atomic E-state index is 0.105. The number of pyridine rings is 1. The number of ether oxygens (including phenoxy) is 1. The number of nitriles is 1. The molecule has 0 fully saturated rings. The van der Waals surface area contributed by atoms with Crippen LogP contribution in [0.25, 0.3) is 38.6 Å². The maximum Gasteiger partial charge on any atom is 0.300 e. The van der Waals surface area contributed by atoms with E-state index in [2.05, 4.69) is 36.9 Å². The Morgan fingerprint density at radius 1 is 1.16 bits per heavy atom. The fourth-order valence-electron chi connectivity index (χ4n) is 4.57. The second-order valence-electron chi connectivity index (χ2n) is 7.79.